The normalized spacial score (nSPS) is 35.5. The molecule has 0 saturated carbocycles. The second-order valence-electron chi connectivity index (χ2n) is 7.84. The molecule has 11 heteroatoms. The second kappa shape index (κ2) is 10.8. The first kappa shape index (κ1) is 24.7. The third kappa shape index (κ3) is 5.91. The van der Waals surface area contributed by atoms with Gasteiger partial charge in [-0.05, 0) is 43.9 Å². The van der Waals surface area contributed by atoms with Crippen molar-refractivity contribution < 1.29 is 34.3 Å². The molecular formula is C20H29FN2O6S2. The number of rotatable bonds is 7. The Balaban J connectivity index is 1.61. The summed E-state index contributed by atoms with van der Waals surface area (Å²) in [5, 5.41) is 46.8. The Labute approximate surface area is 188 Å². The van der Waals surface area contributed by atoms with Gasteiger partial charge in [-0.3, -0.25) is 4.79 Å². The van der Waals surface area contributed by atoms with Crippen molar-refractivity contribution in [1.82, 2.24) is 10.6 Å². The number of carbonyl (C=O) groups is 1. The molecule has 174 valence electrons. The lowest BCUT2D eigenvalue weighted by Crippen LogP contribution is -2.65. The zero-order valence-corrected chi connectivity index (χ0v) is 18.9. The second-order valence-corrected chi connectivity index (χ2v) is 10.2. The molecular weight excluding hydrogens is 447 g/mol. The van der Waals surface area contributed by atoms with Crippen LogP contribution in [0.25, 0.3) is 0 Å². The number of hydrogen-bond donors (Lipinski definition) is 6. The molecule has 2 saturated heterocycles. The summed E-state index contributed by atoms with van der Waals surface area (Å²) in [5.41, 5.74) is -0.803. The third-order valence-electron chi connectivity index (χ3n) is 5.54. The minimum absolute atomic E-state index is 0.112. The quantitative estimate of drug-likeness (QED) is 0.314. The summed E-state index contributed by atoms with van der Waals surface area (Å²) in [4.78, 5) is 13.8. The van der Waals surface area contributed by atoms with Gasteiger partial charge in [0.15, 0.2) is 0 Å². The van der Waals surface area contributed by atoms with Crippen molar-refractivity contribution in [3.8, 4) is 0 Å². The molecule has 8 nitrogen and oxygen atoms in total. The third-order valence-corrected chi connectivity index (χ3v) is 7.64. The highest BCUT2D eigenvalue weighted by Gasteiger charge is 2.48. The predicted molar refractivity (Wildman–Crippen MR) is 116 cm³/mol. The predicted octanol–water partition coefficient (Wildman–Crippen LogP) is -0.315. The largest absolute Gasteiger partial charge is 0.391 e. The number of aliphatic hydroxyl groups excluding tert-OH is 4. The van der Waals surface area contributed by atoms with Crippen LogP contribution in [0.2, 0.25) is 0 Å². The van der Waals surface area contributed by atoms with Gasteiger partial charge >= 0.3 is 0 Å². The highest BCUT2D eigenvalue weighted by molar-refractivity contribution is 8.00. The van der Waals surface area contributed by atoms with E-state index < -0.39 is 48.0 Å². The van der Waals surface area contributed by atoms with E-state index in [0.717, 1.165) is 16.7 Å². The number of hydrogen-bond acceptors (Lipinski definition) is 9. The molecule has 0 radical (unpaired) electrons. The van der Waals surface area contributed by atoms with Crippen LogP contribution in [0.1, 0.15) is 13.3 Å². The van der Waals surface area contributed by atoms with Crippen molar-refractivity contribution in [2.75, 3.05) is 12.8 Å². The molecule has 1 aromatic rings. The molecule has 9 atom stereocenters. The van der Waals surface area contributed by atoms with Gasteiger partial charge < -0.3 is 35.8 Å². The summed E-state index contributed by atoms with van der Waals surface area (Å²) in [5.74, 6) is -0.658. The van der Waals surface area contributed by atoms with Crippen molar-refractivity contribution in [1.29, 1.82) is 0 Å². The van der Waals surface area contributed by atoms with Gasteiger partial charge in [0.1, 0.15) is 35.7 Å². The molecule has 2 fully saturated rings. The van der Waals surface area contributed by atoms with Crippen molar-refractivity contribution >= 4 is 29.4 Å². The number of benzene rings is 1. The van der Waals surface area contributed by atoms with E-state index in [9.17, 15) is 29.6 Å². The average molecular weight is 477 g/mol. The molecule has 0 unspecified atom stereocenters. The molecule has 0 aromatic heterocycles. The number of carbonyl (C=O) groups excluding carboxylic acids is 1. The van der Waals surface area contributed by atoms with E-state index in [0.29, 0.717) is 13.0 Å². The minimum Gasteiger partial charge on any atom is -0.391 e. The van der Waals surface area contributed by atoms with E-state index in [1.807, 2.05) is 0 Å². The van der Waals surface area contributed by atoms with Crippen LogP contribution in [0.4, 0.5) is 4.39 Å². The summed E-state index contributed by atoms with van der Waals surface area (Å²) >= 11 is 2.71. The van der Waals surface area contributed by atoms with Gasteiger partial charge in [-0.15, -0.1) is 23.5 Å². The molecule has 0 bridgehead atoms. The number of ether oxygens (including phenoxy) is 1. The lowest BCUT2D eigenvalue weighted by Gasteiger charge is -2.44. The first-order chi connectivity index (χ1) is 14.7. The van der Waals surface area contributed by atoms with E-state index in [1.54, 1.807) is 30.2 Å². The number of nitrogens with one attached hydrogen (secondary N) is 2. The number of aliphatic hydroxyl groups is 4. The van der Waals surface area contributed by atoms with Crippen LogP contribution in [0.5, 0.6) is 0 Å². The van der Waals surface area contributed by atoms with Crippen LogP contribution in [0, 0.1) is 5.82 Å². The first-order valence-electron chi connectivity index (χ1n) is 10.1. The maximum absolute atomic E-state index is 13.1. The lowest BCUT2D eigenvalue weighted by atomic mass is 9.92. The summed E-state index contributed by atoms with van der Waals surface area (Å²) < 4.78 is 18.8. The van der Waals surface area contributed by atoms with Gasteiger partial charge in [0.2, 0.25) is 5.91 Å². The van der Waals surface area contributed by atoms with Crippen molar-refractivity contribution in [3.05, 3.63) is 30.1 Å². The van der Waals surface area contributed by atoms with Crippen LogP contribution >= 0.6 is 23.5 Å². The Kier molecular flexibility index (Phi) is 8.61. The number of thioether (sulfide) groups is 2. The fourth-order valence-electron chi connectivity index (χ4n) is 3.81. The Morgan fingerprint density at radius 2 is 1.90 bits per heavy atom. The van der Waals surface area contributed by atoms with Crippen molar-refractivity contribution in [3.63, 3.8) is 0 Å². The zero-order chi connectivity index (χ0) is 22.7. The van der Waals surface area contributed by atoms with E-state index in [4.69, 9.17) is 4.74 Å². The maximum Gasteiger partial charge on any atom is 0.237 e. The topological polar surface area (TPSA) is 131 Å². The smallest absolute Gasteiger partial charge is 0.237 e. The van der Waals surface area contributed by atoms with Gasteiger partial charge in [0.25, 0.3) is 0 Å². The Morgan fingerprint density at radius 3 is 2.52 bits per heavy atom. The standard InChI is InChI=1S/C20H29FN2O6S2/c1-9(24)14(18-16(26)15(25)17(27)20(29-18)30-2)23-19(28)13-7-12(8-22-13)31-11-5-3-10(21)4-6-11/h3-6,9,12-18,20,22,24-27H,7-8H2,1-2H3,(H,23,28)/t9-,12+,13+,14-,15+,16-,17-,18-,20-/m1/s1. The first-order valence-corrected chi connectivity index (χ1v) is 12.2. The molecule has 0 aliphatic carbocycles. The molecule has 2 aliphatic heterocycles. The highest BCUT2D eigenvalue weighted by atomic mass is 32.2. The number of amides is 1. The average Bonchev–Trinajstić information content (AvgIpc) is 3.21. The SMILES string of the molecule is CS[C@H]1O[C@H]([C@H](NC(=O)[C@@H]2C[C@H](Sc3ccc(F)cc3)CN2)[C@@H](C)O)[C@H](O)[C@H](O)[C@H]1O. The Hall–Kier alpha value is -0.920. The van der Waals surface area contributed by atoms with Crippen LogP contribution in [0.15, 0.2) is 29.2 Å². The molecule has 6 N–H and O–H groups in total. The van der Waals surface area contributed by atoms with Crippen LogP contribution in [-0.2, 0) is 9.53 Å². The summed E-state index contributed by atoms with van der Waals surface area (Å²) in [6, 6.07) is 4.69. The van der Waals surface area contributed by atoms with Crippen LogP contribution in [0.3, 0.4) is 0 Å². The molecule has 3 rings (SSSR count). The molecule has 2 heterocycles. The van der Waals surface area contributed by atoms with E-state index in [-0.39, 0.29) is 17.0 Å². The van der Waals surface area contributed by atoms with Gasteiger partial charge in [-0.25, -0.2) is 4.39 Å². The van der Waals surface area contributed by atoms with E-state index >= 15 is 0 Å². The highest BCUT2D eigenvalue weighted by Crippen LogP contribution is 2.31. The van der Waals surface area contributed by atoms with Gasteiger partial charge in [0, 0.05) is 16.7 Å². The molecule has 0 spiro atoms. The monoisotopic (exact) mass is 476 g/mol. The van der Waals surface area contributed by atoms with E-state index in [2.05, 4.69) is 10.6 Å². The molecule has 2 aliphatic rings. The fraction of sp³-hybridized carbons (Fsp3) is 0.650. The zero-order valence-electron chi connectivity index (χ0n) is 17.2. The summed E-state index contributed by atoms with van der Waals surface area (Å²) in [6.07, 6.45) is -4.17. The van der Waals surface area contributed by atoms with Crippen LogP contribution < -0.4 is 10.6 Å². The molecule has 1 amide bonds. The Bertz CT molecular complexity index is 741. The molecule has 1 aromatic carbocycles. The van der Waals surface area contributed by atoms with Crippen LogP contribution in [-0.4, -0.2) is 92.4 Å². The minimum atomic E-state index is -1.48. The summed E-state index contributed by atoms with van der Waals surface area (Å²) in [7, 11) is 0. The number of halogens is 1. The van der Waals surface area contributed by atoms with E-state index in [1.165, 1.54) is 19.1 Å². The van der Waals surface area contributed by atoms with Crippen molar-refractivity contribution in [2.45, 2.75) is 71.5 Å². The Morgan fingerprint density at radius 1 is 1.23 bits per heavy atom. The maximum atomic E-state index is 13.1. The van der Waals surface area contributed by atoms with Gasteiger partial charge in [-0.2, -0.15) is 0 Å². The van der Waals surface area contributed by atoms with Crippen molar-refractivity contribution in [2.24, 2.45) is 0 Å². The molecule has 31 heavy (non-hydrogen) atoms. The lowest BCUT2D eigenvalue weighted by molar-refractivity contribution is -0.211. The van der Waals surface area contributed by atoms with Gasteiger partial charge in [0.05, 0.1) is 18.2 Å². The fourth-order valence-corrected chi connectivity index (χ4v) is 5.63. The summed E-state index contributed by atoms with van der Waals surface area (Å²) in [6.45, 7) is 2.04. The van der Waals surface area contributed by atoms with Gasteiger partial charge in [-0.1, -0.05) is 0 Å².